The van der Waals surface area contributed by atoms with Crippen LogP contribution in [0.2, 0.25) is 0 Å². The molecule has 2 aromatic rings. The SMILES string of the molecule is COc1ccc2cc(S(=O)[O-])oc2c1.[Li+]. The number of methoxy groups -OCH3 is 1. The number of hydrogen-bond donors (Lipinski definition) is 0. The molecule has 0 aliphatic rings. The third-order valence-electron chi connectivity index (χ3n) is 1.87. The van der Waals surface area contributed by atoms with E-state index in [1.807, 2.05) is 0 Å². The molecule has 0 aliphatic carbocycles. The van der Waals surface area contributed by atoms with Gasteiger partial charge in [-0.3, -0.25) is 4.21 Å². The van der Waals surface area contributed by atoms with Gasteiger partial charge in [-0.1, -0.05) is 0 Å². The van der Waals surface area contributed by atoms with E-state index in [9.17, 15) is 8.76 Å². The minimum absolute atomic E-state index is 0. The summed E-state index contributed by atoms with van der Waals surface area (Å²) >= 11 is -2.33. The van der Waals surface area contributed by atoms with Crippen LogP contribution in [0.4, 0.5) is 0 Å². The second kappa shape index (κ2) is 4.86. The van der Waals surface area contributed by atoms with Gasteiger partial charge in [0.25, 0.3) is 0 Å². The molecular weight excluding hydrogens is 211 g/mol. The first-order valence-electron chi connectivity index (χ1n) is 3.87. The van der Waals surface area contributed by atoms with Gasteiger partial charge in [0.1, 0.15) is 11.3 Å². The second-order valence-electron chi connectivity index (χ2n) is 2.70. The van der Waals surface area contributed by atoms with Crippen LogP contribution in [0.15, 0.2) is 33.8 Å². The van der Waals surface area contributed by atoms with E-state index in [0.29, 0.717) is 11.3 Å². The molecule has 1 unspecified atom stereocenters. The smallest absolute Gasteiger partial charge is 0.766 e. The molecule has 74 valence electrons. The van der Waals surface area contributed by atoms with Crippen molar-refractivity contribution in [1.82, 2.24) is 0 Å². The molecule has 0 radical (unpaired) electrons. The number of rotatable bonds is 2. The molecule has 15 heavy (non-hydrogen) atoms. The first-order chi connectivity index (χ1) is 6.70. The van der Waals surface area contributed by atoms with Gasteiger partial charge in [0.15, 0.2) is 5.09 Å². The van der Waals surface area contributed by atoms with Crippen LogP contribution >= 0.6 is 0 Å². The summed E-state index contributed by atoms with van der Waals surface area (Å²) in [6.07, 6.45) is 0. The summed E-state index contributed by atoms with van der Waals surface area (Å²) in [4.78, 5) is 0. The molecule has 0 aliphatic heterocycles. The number of furan rings is 1. The van der Waals surface area contributed by atoms with Crippen molar-refractivity contribution >= 4 is 22.0 Å². The Kier molecular flexibility index (Phi) is 4.00. The van der Waals surface area contributed by atoms with Crippen LogP contribution in [0, 0.1) is 0 Å². The molecule has 0 bridgehead atoms. The number of hydrogen-bond acceptors (Lipinski definition) is 4. The van der Waals surface area contributed by atoms with Crippen LogP contribution in [-0.2, 0) is 11.1 Å². The van der Waals surface area contributed by atoms with Gasteiger partial charge in [-0.25, -0.2) is 0 Å². The zero-order valence-electron chi connectivity index (χ0n) is 8.35. The molecule has 0 saturated carbocycles. The van der Waals surface area contributed by atoms with Gasteiger partial charge < -0.3 is 13.7 Å². The molecule has 0 saturated heterocycles. The Bertz CT molecular complexity index is 494. The maximum atomic E-state index is 10.6. The van der Waals surface area contributed by atoms with Crippen LogP contribution in [0.25, 0.3) is 11.0 Å². The van der Waals surface area contributed by atoms with E-state index in [-0.39, 0.29) is 24.0 Å². The van der Waals surface area contributed by atoms with Crippen molar-refractivity contribution in [3.63, 3.8) is 0 Å². The van der Waals surface area contributed by atoms with E-state index in [2.05, 4.69) is 0 Å². The Morgan fingerprint density at radius 3 is 2.73 bits per heavy atom. The van der Waals surface area contributed by atoms with Gasteiger partial charge in [-0.05, 0) is 18.2 Å². The zero-order chi connectivity index (χ0) is 10.1. The molecule has 0 spiro atoms. The van der Waals surface area contributed by atoms with Crippen LogP contribution in [0.3, 0.4) is 0 Å². The molecule has 1 aromatic heterocycles. The van der Waals surface area contributed by atoms with Gasteiger partial charge in [0.05, 0.1) is 7.11 Å². The summed E-state index contributed by atoms with van der Waals surface area (Å²) in [5.74, 6) is 0.634. The Hall–Kier alpha value is -0.733. The zero-order valence-corrected chi connectivity index (χ0v) is 9.17. The molecule has 0 fully saturated rings. The van der Waals surface area contributed by atoms with Crippen molar-refractivity contribution in [2.75, 3.05) is 7.11 Å². The standard InChI is InChI=1S/C9H8O4S.Li/c1-12-7-3-2-6-4-9(14(10)11)13-8(6)5-7;/h2-5H,1H3,(H,10,11);/q;+1/p-1. The minimum atomic E-state index is -2.33. The summed E-state index contributed by atoms with van der Waals surface area (Å²) in [6.45, 7) is 0. The summed E-state index contributed by atoms with van der Waals surface area (Å²) in [5.41, 5.74) is 0.503. The first-order valence-corrected chi connectivity index (χ1v) is 4.95. The Labute approximate surface area is 101 Å². The molecule has 0 amide bonds. The van der Waals surface area contributed by atoms with E-state index in [4.69, 9.17) is 9.15 Å². The van der Waals surface area contributed by atoms with E-state index < -0.39 is 11.1 Å². The molecular formula is C9H7LiO4S. The first kappa shape index (κ1) is 12.3. The second-order valence-corrected chi connectivity index (χ2v) is 3.58. The average Bonchev–Trinajstić information content (AvgIpc) is 2.59. The fourth-order valence-corrected chi connectivity index (χ4v) is 1.58. The predicted octanol–water partition coefficient (Wildman–Crippen LogP) is -1.32. The predicted molar refractivity (Wildman–Crippen MR) is 50.0 cm³/mol. The van der Waals surface area contributed by atoms with E-state index in [1.165, 1.54) is 13.2 Å². The molecule has 1 heterocycles. The van der Waals surface area contributed by atoms with Gasteiger partial charge in [-0.2, -0.15) is 0 Å². The summed E-state index contributed by atoms with van der Waals surface area (Å²) in [6, 6.07) is 6.60. The number of fused-ring (bicyclic) bond motifs is 1. The van der Waals surface area contributed by atoms with Gasteiger partial charge in [0.2, 0.25) is 0 Å². The van der Waals surface area contributed by atoms with Crippen molar-refractivity contribution in [1.29, 1.82) is 0 Å². The van der Waals surface area contributed by atoms with Gasteiger partial charge in [-0.15, -0.1) is 0 Å². The average molecular weight is 218 g/mol. The third-order valence-corrected chi connectivity index (χ3v) is 2.40. The number of benzene rings is 1. The maximum absolute atomic E-state index is 10.6. The quantitative estimate of drug-likeness (QED) is 0.463. The maximum Gasteiger partial charge on any atom is 1.00 e. The van der Waals surface area contributed by atoms with Crippen molar-refractivity contribution < 1.29 is 36.8 Å². The van der Waals surface area contributed by atoms with Crippen LogP contribution in [-0.4, -0.2) is 15.9 Å². The van der Waals surface area contributed by atoms with E-state index >= 15 is 0 Å². The van der Waals surface area contributed by atoms with Crippen LogP contribution in [0.1, 0.15) is 0 Å². The van der Waals surface area contributed by atoms with Crippen LogP contribution in [0.5, 0.6) is 5.75 Å². The normalized spacial score (nSPS) is 12.1. The molecule has 2 rings (SSSR count). The minimum Gasteiger partial charge on any atom is -0.766 e. The molecule has 0 N–H and O–H groups in total. The summed E-state index contributed by atoms with van der Waals surface area (Å²) < 4.78 is 31.3. The molecule has 4 nitrogen and oxygen atoms in total. The van der Waals surface area contributed by atoms with Crippen molar-refractivity contribution in [2.45, 2.75) is 5.09 Å². The Morgan fingerprint density at radius 2 is 2.13 bits per heavy atom. The fourth-order valence-electron chi connectivity index (χ4n) is 1.20. The molecule has 6 heteroatoms. The van der Waals surface area contributed by atoms with Crippen molar-refractivity contribution in [2.24, 2.45) is 0 Å². The molecule has 1 aromatic carbocycles. The monoisotopic (exact) mass is 218 g/mol. The molecule has 1 atom stereocenters. The van der Waals surface area contributed by atoms with Crippen molar-refractivity contribution in [3.8, 4) is 5.75 Å². The fraction of sp³-hybridized carbons (Fsp3) is 0.111. The van der Waals surface area contributed by atoms with Gasteiger partial charge in [0, 0.05) is 22.5 Å². The Balaban J connectivity index is 0.00000112. The summed E-state index contributed by atoms with van der Waals surface area (Å²) in [5, 5.41) is 0.679. The van der Waals surface area contributed by atoms with Crippen LogP contribution < -0.4 is 23.6 Å². The van der Waals surface area contributed by atoms with E-state index in [1.54, 1.807) is 18.2 Å². The number of ether oxygens (including phenoxy) is 1. The third kappa shape index (κ3) is 2.44. The Morgan fingerprint density at radius 1 is 1.40 bits per heavy atom. The van der Waals surface area contributed by atoms with Crippen molar-refractivity contribution in [3.05, 3.63) is 24.3 Å². The summed E-state index contributed by atoms with van der Waals surface area (Å²) in [7, 11) is 1.54. The van der Waals surface area contributed by atoms with E-state index in [0.717, 1.165) is 5.39 Å². The largest absolute Gasteiger partial charge is 1.00 e. The topological polar surface area (TPSA) is 62.5 Å². The van der Waals surface area contributed by atoms with Gasteiger partial charge >= 0.3 is 18.9 Å².